The third-order valence-corrected chi connectivity index (χ3v) is 4.39. The predicted octanol–water partition coefficient (Wildman–Crippen LogP) is 2.74. The summed E-state index contributed by atoms with van der Waals surface area (Å²) < 4.78 is 0. The monoisotopic (exact) mass is 288 g/mol. The molecule has 0 bridgehead atoms. The zero-order valence-electron chi connectivity index (χ0n) is 14.0. The zero-order chi connectivity index (χ0) is 15.7. The minimum absolute atomic E-state index is 0.168. The standard InChI is InChI=1S/C18H28N2O/c1-17(2,3)15-9-7-14(8-10-15)13-18(11-6-12-19-18)16(21)20(4)5/h7-10,19H,6,11-13H2,1-5H3/t18-/m1/s1. The molecule has 1 aliphatic heterocycles. The van der Waals surface area contributed by atoms with E-state index in [0.717, 1.165) is 25.8 Å². The van der Waals surface area contributed by atoms with Gasteiger partial charge in [0.25, 0.3) is 0 Å². The van der Waals surface area contributed by atoms with E-state index in [2.05, 4.69) is 50.4 Å². The van der Waals surface area contributed by atoms with Crippen LogP contribution in [0.4, 0.5) is 0 Å². The molecule has 1 atom stereocenters. The van der Waals surface area contributed by atoms with Crippen LogP contribution in [0.5, 0.6) is 0 Å². The summed E-state index contributed by atoms with van der Waals surface area (Å²) in [4.78, 5) is 14.3. The third-order valence-electron chi connectivity index (χ3n) is 4.39. The van der Waals surface area contributed by atoms with Crippen molar-refractivity contribution in [3.63, 3.8) is 0 Å². The lowest BCUT2D eigenvalue weighted by Crippen LogP contribution is -2.54. The van der Waals surface area contributed by atoms with Gasteiger partial charge in [0.2, 0.25) is 5.91 Å². The fraction of sp³-hybridized carbons (Fsp3) is 0.611. The second-order valence-electron chi connectivity index (χ2n) is 7.44. The molecular formula is C18H28N2O. The number of nitrogens with zero attached hydrogens (tertiary/aromatic N) is 1. The molecule has 0 spiro atoms. The molecule has 0 radical (unpaired) electrons. The Morgan fingerprint density at radius 1 is 1.24 bits per heavy atom. The van der Waals surface area contributed by atoms with E-state index in [4.69, 9.17) is 0 Å². The molecule has 116 valence electrons. The van der Waals surface area contributed by atoms with Gasteiger partial charge in [0, 0.05) is 14.1 Å². The highest BCUT2D eigenvalue weighted by atomic mass is 16.2. The van der Waals surface area contributed by atoms with Gasteiger partial charge in [-0.15, -0.1) is 0 Å². The van der Waals surface area contributed by atoms with Gasteiger partial charge in [0.1, 0.15) is 5.54 Å². The number of likely N-dealkylation sites (N-methyl/N-ethyl adjacent to an activating group) is 1. The van der Waals surface area contributed by atoms with Crippen LogP contribution < -0.4 is 5.32 Å². The van der Waals surface area contributed by atoms with Crippen molar-refractivity contribution >= 4 is 5.91 Å². The first-order valence-electron chi connectivity index (χ1n) is 7.81. The van der Waals surface area contributed by atoms with Crippen LogP contribution in [0.1, 0.15) is 44.7 Å². The van der Waals surface area contributed by atoms with Crippen molar-refractivity contribution in [2.24, 2.45) is 0 Å². The predicted molar refractivity (Wildman–Crippen MR) is 87.5 cm³/mol. The molecule has 21 heavy (non-hydrogen) atoms. The second kappa shape index (κ2) is 5.80. The van der Waals surface area contributed by atoms with Gasteiger partial charge >= 0.3 is 0 Å². The molecule has 3 heteroatoms. The molecule has 3 nitrogen and oxygen atoms in total. The van der Waals surface area contributed by atoms with Crippen LogP contribution in [0.3, 0.4) is 0 Å². The number of hydrogen-bond acceptors (Lipinski definition) is 2. The fourth-order valence-electron chi connectivity index (χ4n) is 3.11. The highest BCUT2D eigenvalue weighted by Gasteiger charge is 2.41. The van der Waals surface area contributed by atoms with Crippen molar-refractivity contribution in [3.05, 3.63) is 35.4 Å². The number of hydrogen-bond donors (Lipinski definition) is 1. The number of rotatable bonds is 3. The first-order valence-corrected chi connectivity index (χ1v) is 7.81. The van der Waals surface area contributed by atoms with Gasteiger partial charge in [-0.05, 0) is 42.3 Å². The number of carbonyl (C=O) groups excluding carboxylic acids is 1. The van der Waals surface area contributed by atoms with E-state index in [0.29, 0.717) is 0 Å². The summed E-state index contributed by atoms with van der Waals surface area (Å²) in [5.41, 5.74) is 2.32. The Bertz CT molecular complexity index is 491. The Labute approximate surface area is 128 Å². The summed E-state index contributed by atoms with van der Waals surface area (Å²) in [6.45, 7) is 7.59. The SMILES string of the molecule is CN(C)C(=O)[C@]1(Cc2ccc(C(C)(C)C)cc2)CCCN1. The number of amides is 1. The van der Waals surface area contributed by atoms with E-state index >= 15 is 0 Å². The topological polar surface area (TPSA) is 32.3 Å². The van der Waals surface area contributed by atoms with E-state index in [1.807, 2.05) is 14.1 Å². The summed E-state index contributed by atoms with van der Waals surface area (Å²) in [6.07, 6.45) is 2.76. The van der Waals surface area contributed by atoms with Crippen LogP contribution in [0.15, 0.2) is 24.3 Å². The van der Waals surface area contributed by atoms with Crippen molar-refractivity contribution in [1.29, 1.82) is 0 Å². The average Bonchev–Trinajstić information content (AvgIpc) is 2.87. The molecule has 2 rings (SSSR count). The molecule has 1 aliphatic rings. The Balaban J connectivity index is 2.20. The van der Waals surface area contributed by atoms with Crippen molar-refractivity contribution in [1.82, 2.24) is 10.2 Å². The number of benzene rings is 1. The van der Waals surface area contributed by atoms with E-state index < -0.39 is 5.54 Å². The van der Waals surface area contributed by atoms with Gasteiger partial charge in [0.15, 0.2) is 0 Å². The van der Waals surface area contributed by atoms with Crippen LogP contribution in [0, 0.1) is 0 Å². The molecule has 1 N–H and O–H groups in total. The van der Waals surface area contributed by atoms with Gasteiger partial charge in [0.05, 0.1) is 0 Å². The van der Waals surface area contributed by atoms with Crippen LogP contribution in [0.2, 0.25) is 0 Å². The molecule has 0 aromatic heterocycles. The molecule has 0 unspecified atom stereocenters. The first-order chi connectivity index (χ1) is 9.74. The molecule has 0 saturated carbocycles. The van der Waals surface area contributed by atoms with Gasteiger partial charge < -0.3 is 10.2 Å². The number of nitrogens with one attached hydrogen (secondary N) is 1. The van der Waals surface area contributed by atoms with Crippen LogP contribution in [-0.2, 0) is 16.6 Å². The molecule has 1 fully saturated rings. The van der Waals surface area contributed by atoms with E-state index in [1.54, 1.807) is 4.90 Å². The minimum atomic E-state index is -0.410. The molecule has 1 aromatic carbocycles. The fourth-order valence-corrected chi connectivity index (χ4v) is 3.11. The lowest BCUT2D eigenvalue weighted by Gasteiger charge is -2.31. The average molecular weight is 288 g/mol. The molecule has 1 amide bonds. The first kappa shape index (κ1) is 16.0. The lowest BCUT2D eigenvalue weighted by atomic mass is 9.84. The van der Waals surface area contributed by atoms with Crippen molar-refractivity contribution in [2.45, 2.75) is 51.0 Å². The summed E-state index contributed by atoms with van der Waals surface area (Å²) in [7, 11) is 3.68. The van der Waals surface area contributed by atoms with Crippen molar-refractivity contribution in [3.8, 4) is 0 Å². The summed E-state index contributed by atoms with van der Waals surface area (Å²) >= 11 is 0. The van der Waals surface area contributed by atoms with Crippen molar-refractivity contribution < 1.29 is 4.79 Å². The van der Waals surface area contributed by atoms with Crippen LogP contribution >= 0.6 is 0 Å². The third kappa shape index (κ3) is 3.46. The largest absolute Gasteiger partial charge is 0.347 e. The van der Waals surface area contributed by atoms with Gasteiger partial charge in [-0.25, -0.2) is 0 Å². The Morgan fingerprint density at radius 3 is 2.29 bits per heavy atom. The lowest BCUT2D eigenvalue weighted by molar-refractivity contribution is -0.135. The highest BCUT2D eigenvalue weighted by Crippen LogP contribution is 2.28. The summed E-state index contributed by atoms with van der Waals surface area (Å²) in [6, 6.07) is 8.73. The smallest absolute Gasteiger partial charge is 0.242 e. The molecule has 1 saturated heterocycles. The van der Waals surface area contributed by atoms with E-state index in [1.165, 1.54) is 11.1 Å². The molecule has 1 heterocycles. The Kier molecular flexibility index (Phi) is 4.43. The summed E-state index contributed by atoms with van der Waals surface area (Å²) in [5.74, 6) is 0.194. The normalized spacial score (nSPS) is 22.3. The maximum absolute atomic E-state index is 12.6. The zero-order valence-corrected chi connectivity index (χ0v) is 14.0. The molecular weight excluding hydrogens is 260 g/mol. The van der Waals surface area contributed by atoms with Gasteiger partial charge in [-0.3, -0.25) is 4.79 Å². The Morgan fingerprint density at radius 2 is 1.86 bits per heavy atom. The second-order valence-corrected chi connectivity index (χ2v) is 7.44. The van der Waals surface area contributed by atoms with E-state index in [-0.39, 0.29) is 11.3 Å². The van der Waals surface area contributed by atoms with E-state index in [9.17, 15) is 4.79 Å². The Hall–Kier alpha value is -1.35. The summed E-state index contributed by atoms with van der Waals surface area (Å²) in [5, 5.41) is 3.45. The van der Waals surface area contributed by atoms with Gasteiger partial charge in [-0.2, -0.15) is 0 Å². The number of carbonyl (C=O) groups is 1. The quantitative estimate of drug-likeness (QED) is 0.927. The van der Waals surface area contributed by atoms with Crippen molar-refractivity contribution in [2.75, 3.05) is 20.6 Å². The van der Waals surface area contributed by atoms with Crippen LogP contribution in [0.25, 0.3) is 0 Å². The van der Waals surface area contributed by atoms with Crippen LogP contribution in [-0.4, -0.2) is 37.0 Å². The maximum Gasteiger partial charge on any atom is 0.242 e. The van der Waals surface area contributed by atoms with Gasteiger partial charge in [-0.1, -0.05) is 45.0 Å². The molecule has 0 aliphatic carbocycles. The highest BCUT2D eigenvalue weighted by molar-refractivity contribution is 5.86. The molecule has 1 aromatic rings. The maximum atomic E-state index is 12.6. The minimum Gasteiger partial charge on any atom is -0.347 e.